The molecule has 0 aliphatic rings. The number of rotatable bonds is 9. The van der Waals surface area contributed by atoms with Crippen LogP contribution < -0.4 is 19.5 Å². The smallest absolute Gasteiger partial charge is 0.277 e. The summed E-state index contributed by atoms with van der Waals surface area (Å²) >= 11 is 2.98. The summed E-state index contributed by atoms with van der Waals surface area (Å²) in [6.45, 7) is 2.06. The number of thiazole rings is 1. The molecule has 0 spiro atoms. The van der Waals surface area contributed by atoms with E-state index >= 15 is 0 Å². The first kappa shape index (κ1) is 22.0. The predicted octanol–water partition coefficient (Wildman–Crippen LogP) is 5.56. The Bertz CT molecular complexity index is 1170. The van der Waals surface area contributed by atoms with Crippen molar-refractivity contribution in [3.8, 4) is 28.7 Å². The fourth-order valence-electron chi connectivity index (χ4n) is 2.92. The molecule has 0 bridgehead atoms. The lowest BCUT2D eigenvalue weighted by atomic mass is 10.2. The minimum absolute atomic E-state index is 0.367. The standard InChI is InChI=1S/C22H22N4O4S2/c1-13-5-7-15(8-6-13)23-21-24-16(11-31-21)12-32-22-26-25-20(30-22)14-9-17(27-2)19(29-4)18(10-14)28-3/h5-11H,12H2,1-4H3,(H,23,24). The van der Waals surface area contributed by atoms with E-state index in [4.69, 9.17) is 18.6 Å². The van der Waals surface area contributed by atoms with Gasteiger partial charge in [-0.05, 0) is 31.2 Å². The molecule has 2 heterocycles. The third-order valence-corrected chi connectivity index (χ3v) is 6.17. The molecule has 0 unspecified atom stereocenters. The maximum Gasteiger partial charge on any atom is 0.277 e. The van der Waals surface area contributed by atoms with Gasteiger partial charge in [-0.25, -0.2) is 4.98 Å². The molecule has 0 fully saturated rings. The van der Waals surface area contributed by atoms with E-state index in [1.807, 2.05) is 17.5 Å². The molecule has 1 N–H and O–H groups in total. The van der Waals surface area contributed by atoms with Gasteiger partial charge in [-0.2, -0.15) is 0 Å². The Morgan fingerprint density at radius 1 is 1.00 bits per heavy atom. The van der Waals surface area contributed by atoms with E-state index < -0.39 is 0 Å². The lowest BCUT2D eigenvalue weighted by Gasteiger charge is -2.12. The van der Waals surface area contributed by atoms with Gasteiger partial charge in [0.2, 0.25) is 11.6 Å². The van der Waals surface area contributed by atoms with Gasteiger partial charge in [-0.3, -0.25) is 0 Å². The highest BCUT2D eigenvalue weighted by atomic mass is 32.2. The number of nitrogens with one attached hydrogen (secondary N) is 1. The predicted molar refractivity (Wildman–Crippen MR) is 126 cm³/mol. The molecule has 2 aromatic carbocycles. The highest BCUT2D eigenvalue weighted by Crippen LogP contribution is 2.41. The molecular formula is C22H22N4O4S2. The zero-order valence-corrected chi connectivity index (χ0v) is 19.7. The average Bonchev–Trinajstić information content (AvgIpc) is 3.47. The van der Waals surface area contributed by atoms with Gasteiger partial charge in [-0.1, -0.05) is 29.5 Å². The van der Waals surface area contributed by atoms with Crippen LogP contribution in [-0.2, 0) is 5.75 Å². The summed E-state index contributed by atoms with van der Waals surface area (Å²) in [5.74, 6) is 2.53. The summed E-state index contributed by atoms with van der Waals surface area (Å²) in [5, 5.41) is 14.9. The zero-order chi connectivity index (χ0) is 22.5. The first-order valence-corrected chi connectivity index (χ1v) is 11.5. The van der Waals surface area contributed by atoms with Gasteiger partial charge in [0.15, 0.2) is 16.6 Å². The van der Waals surface area contributed by atoms with Crippen LogP contribution in [0.25, 0.3) is 11.5 Å². The third kappa shape index (κ3) is 4.97. The van der Waals surface area contributed by atoms with E-state index in [9.17, 15) is 0 Å². The molecule has 4 rings (SSSR count). The molecule has 10 heteroatoms. The average molecular weight is 471 g/mol. The van der Waals surface area contributed by atoms with Gasteiger partial charge < -0.3 is 23.9 Å². The van der Waals surface area contributed by atoms with Crippen LogP contribution in [0.4, 0.5) is 10.8 Å². The number of benzene rings is 2. The number of thioether (sulfide) groups is 1. The van der Waals surface area contributed by atoms with Crippen LogP contribution in [0, 0.1) is 6.92 Å². The second-order valence-corrected chi connectivity index (χ2v) is 8.50. The number of anilines is 2. The van der Waals surface area contributed by atoms with Crippen molar-refractivity contribution < 1.29 is 18.6 Å². The molecule has 4 aromatic rings. The van der Waals surface area contributed by atoms with Crippen molar-refractivity contribution in [2.24, 2.45) is 0 Å². The van der Waals surface area contributed by atoms with Crippen LogP contribution in [0.5, 0.6) is 17.2 Å². The molecule has 0 aliphatic heterocycles. The van der Waals surface area contributed by atoms with E-state index in [0.717, 1.165) is 16.5 Å². The highest BCUT2D eigenvalue weighted by Gasteiger charge is 2.18. The van der Waals surface area contributed by atoms with Crippen molar-refractivity contribution in [3.63, 3.8) is 0 Å². The Morgan fingerprint density at radius 3 is 2.38 bits per heavy atom. The number of aromatic nitrogens is 3. The van der Waals surface area contributed by atoms with E-state index in [0.29, 0.717) is 39.7 Å². The minimum atomic E-state index is 0.367. The fraction of sp³-hybridized carbons (Fsp3) is 0.227. The van der Waals surface area contributed by atoms with Crippen molar-refractivity contribution in [1.29, 1.82) is 0 Å². The minimum Gasteiger partial charge on any atom is -0.493 e. The summed E-state index contributed by atoms with van der Waals surface area (Å²) in [5.41, 5.74) is 3.84. The molecule has 0 aliphatic carbocycles. The molecule has 2 aromatic heterocycles. The van der Waals surface area contributed by atoms with Crippen LogP contribution in [0.1, 0.15) is 11.3 Å². The van der Waals surface area contributed by atoms with Crippen molar-refractivity contribution in [2.75, 3.05) is 26.6 Å². The van der Waals surface area contributed by atoms with Crippen LogP contribution in [0.3, 0.4) is 0 Å². The monoisotopic (exact) mass is 470 g/mol. The summed E-state index contributed by atoms with van der Waals surface area (Å²) in [4.78, 5) is 4.62. The summed E-state index contributed by atoms with van der Waals surface area (Å²) < 4.78 is 22.0. The maximum absolute atomic E-state index is 5.83. The molecule has 0 saturated carbocycles. The molecule has 0 radical (unpaired) electrons. The number of nitrogens with zero attached hydrogens (tertiary/aromatic N) is 3. The Balaban J connectivity index is 1.42. The largest absolute Gasteiger partial charge is 0.493 e. The third-order valence-electron chi connectivity index (χ3n) is 4.52. The highest BCUT2D eigenvalue weighted by molar-refractivity contribution is 7.98. The van der Waals surface area contributed by atoms with Gasteiger partial charge in [0.1, 0.15) is 0 Å². The lowest BCUT2D eigenvalue weighted by Crippen LogP contribution is -1.95. The molecule has 0 saturated heterocycles. The lowest BCUT2D eigenvalue weighted by molar-refractivity contribution is 0.324. The van der Waals surface area contributed by atoms with Crippen molar-refractivity contribution >= 4 is 33.9 Å². The number of ether oxygens (including phenoxy) is 3. The Hall–Kier alpha value is -3.24. The first-order chi connectivity index (χ1) is 15.6. The van der Waals surface area contributed by atoms with Crippen molar-refractivity contribution in [1.82, 2.24) is 15.2 Å². The maximum atomic E-state index is 5.83. The summed E-state index contributed by atoms with van der Waals surface area (Å²) in [7, 11) is 4.68. The van der Waals surface area contributed by atoms with Crippen LogP contribution >= 0.6 is 23.1 Å². The topological polar surface area (TPSA) is 91.5 Å². The number of methoxy groups -OCH3 is 3. The van der Waals surface area contributed by atoms with E-state index in [1.165, 1.54) is 17.3 Å². The number of hydrogen-bond donors (Lipinski definition) is 1. The molecule has 0 atom stereocenters. The van der Waals surface area contributed by atoms with Crippen LogP contribution in [-0.4, -0.2) is 36.5 Å². The molecule has 32 heavy (non-hydrogen) atoms. The van der Waals surface area contributed by atoms with Gasteiger partial charge in [0.25, 0.3) is 5.22 Å². The number of aryl methyl sites for hydroxylation is 1. The SMILES string of the molecule is COc1cc(-c2nnc(SCc3csc(Nc4ccc(C)cc4)n3)o2)cc(OC)c1OC. The van der Waals surface area contributed by atoms with Gasteiger partial charge >= 0.3 is 0 Å². The van der Waals surface area contributed by atoms with Gasteiger partial charge in [-0.15, -0.1) is 21.5 Å². The Kier molecular flexibility index (Phi) is 6.81. The summed E-state index contributed by atoms with van der Waals surface area (Å²) in [6, 6.07) is 11.7. The first-order valence-electron chi connectivity index (χ1n) is 9.64. The quantitative estimate of drug-likeness (QED) is 0.315. The molecule has 8 nitrogen and oxygen atoms in total. The molecule has 0 amide bonds. The van der Waals surface area contributed by atoms with E-state index in [-0.39, 0.29) is 0 Å². The molecular weight excluding hydrogens is 448 g/mol. The zero-order valence-electron chi connectivity index (χ0n) is 18.0. The Morgan fingerprint density at radius 2 is 1.72 bits per heavy atom. The van der Waals surface area contributed by atoms with Crippen LogP contribution in [0.2, 0.25) is 0 Å². The fourth-order valence-corrected chi connectivity index (χ4v) is 4.41. The van der Waals surface area contributed by atoms with Gasteiger partial charge in [0, 0.05) is 22.4 Å². The summed E-state index contributed by atoms with van der Waals surface area (Å²) in [6.07, 6.45) is 0. The molecule has 166 valence electrons. The Labute approximate surface area is 194 Å². The van der Waals surface area contributed by atoms with Gasteiger partial charge in [0.05, 0.1) is 27.0 Å². The van der Waals surface area contributed by atoms with Crippen molar-refractivity contribution in [3.05, 3.63) is 53.0 Å². The number of hydrogen-bond acceptors (Lipinski definition) is 10. The second kappa shape index (κ2) is 9.92. The normalized spacial score (nSPS) is 10.8. The van der Waals surface area contributed by atoms with Crippen LogP contribution in [0.15, 0.2) is 51.4 Å². The second-order valence-electron chi connectivity index (χ2n) is 6.71. The van der Waals surface area contributed by atoms with E-state index in [2.05, 4.69) is 39.6 Å². The van der Waals surface area contributed by atoms with E-state index in [1.54, 1.807) is 44.8 Å². The van der Waals surface area contributed by atoms with Crippen molar-refractivity contribution in [2.45, 2.75) is 17.9 Å².